The lowest BCUT2D eigenvalue weighted by molar-refractivity contribution is -0.123. The van der Waals surface area contributed by atoms with Gasteiger partial charge in [-0.05, 0) is 42.8 Å². The van der Waals surface area contributed by atoms with E-state index < -0.39 is 0 Å². The van der Waals surface area contributed by atoms with Gasteiger partial charge in [0.25, 0.3) is 11.1 Å². The first kappa shape index (κ1) is 17.8. The summed E-state index contributed by atoms with van der Waals surface area (Å²) in [6.07, 6.45) is 4.14. The number of methoxy groups -OCH3 is 2. The molecule has 2 aliphatic rings. The van der Waals surface area contributed by atoms with E-state index in [-0.39, 0.29) is 17.7 Å². The molecule has 0 aliphatic carbocycles. The minimum atomic E-state index is -0.280. The highest BCUT2D eigenvalue weighted by Gasteiger charge is 2.34. The molecule has 134 valence electrons. The van der Waals surface area contributed by atoms with E-state index in [4.69, 9.17) is 9.47 Å². The molecule has 2 heterocycles. The molecule has 0 atom stereocenters. The second kappa shape index (κ2) is 7.93. The van der Waals surface area contributed by atoms with Crippen LogP contribution in [0.15, 0.2) is 23.1 Å². The number of anilines is 1. The Morgan fingerprint density at radius 1 is 1.20 bits per heavy atom. The fourth-order valence-electron chi connectivity index (χ4n) is 3.01. The summed E-state index contributed by atoms with van der Waals surface area (Å²) in [7, 11) is 3.16. The number of imide groups is 1. The Morgan fingerprint density at radius 2 is 1.96 bits per heavy atom. The van der Waals surface area contributed by atoms with Crippen molar-refractivity contribution in [3.63, 3.8) is 0 Å². The summed E-state index contributed by atoms with van der Waals surface area (Å²) < 4.78 is 10.5. The predicted octanol–water partition coefficient (Wildman–Crippen LogP) is 2.98. The van der Waals surface area contributed by atoms with Crippen molar-refractivity contribution < 1.29 is 19.1 Å². The fraction of sp³-hybridized carbons (Fsp3) is 0.444. The summed E-state index contributed by atoms with van der Waals surface area (Å²) >= 11 is 0.953. The Kier molecular flexibility index (Phi) is 5.65. The highest BCUT2D eigenvalue weighted by molar-refractivity contribution is 8.18. The van der Waals surface area contributed by atoms with Crippen molar-refractivity contribution in [2.45, 2.75) is 12.8 Å². The van der Waals surface area contributed by atoms with E-state index >= 15 is 0 Å². The molecule has 25 heavy (non-hydrogen) atoms. The maximum absolute atomic E-state index is 12.4. The van der Waals surface area contributed by atoms with Crippen LogP contribution in [-0.4, -0.2) is 56.5 Å². The normalized spacial score (nSPS) is 19.4. The largest absolute Gasteiger partial charge is 0.496 e. The Balaban J connectivity index is 1.82. The van der Waals surface area contributed by atoms with E-state index in [1.54, 1.807) is 20.3 Å². The molecule has 6 nitrogen and oxygen atoms in total. The van der Waals surface area contributed by atoms with E-state index in [0.717, 1.165) is 36.1 Å². The van der Waals surface area contributed by atoms with Gasteiger partial charge in [-0.3, -0.25) is 14.5 Å². The van der Waals surface area contributed by atoms with Gasteiger partial charge in [0.2, 0.25) is 0 Å². The maximum Gasteiger partial charge on any atom is 0.293 e. The van der Waals surface area contributed by atoms with Gasteiger partial charge in [0.15, 0.2) is 0 Å². The van der Waals surface area contributed by atoms with Gasteiger partial charge in [0, 0.05) is 37.5 Å². The van der Waals surface area contributed by atoms with E-state index in [9.17, 15) is 9.59 Å². The SMILES string of the molecule is COCCN1C(=O)S/C(=C/c2ccc(N3CCCC3)cc2OC)C1=O. The summed E-state index contributed by atoms with van der Waals surface area (Å²) in [4.78, 5) is 28.4. The van der Waals surface area contributed by atoms with Crippen LogP contribution in [0.25, 0.3) is 6.08 Å². The van der Waals surface area contributed by atoms with Crippen molar-refractivity contribution in [1.29, 1.82) is 0 Å². The van der Waals surface area contributed by atoms with Gasteiger partial charge in [-0.15, -0.1) is 0 Å². The number of hydrogen-bond acceptors (Lipinski definition) is 6. The molecule has 0 aromatic heterocycles. The van der Waals surface area contributed by atoms with Gasteiger partial charge in [0.05, 0.1) is 25.2 Å². The maximum atomic E-state index is 12.4. The van der Waals surface area contributed by atoms with Gasteiger partial charge in [0.1, 0.15) is 5.75 Å². The third-order valence-electron chi connectivity index (χ3n) is 4.37. The Labute approximate surface area is 151 Å². The van der Waals surface area contributed by atoms with Gasteiger partial charge in [-0.2, -0.15) is 0 Å². The molecule has 0 N–H and O–H groups in total. The summed E-state index contributed by atoms with van der Waals surface area (Å²) in [5.74, 6) is 0.422. The molecule has 0 unspecified atom stereocenters. The molecule has 1 aromatic rings. The number of hydrogen-bond donors (Lipinski definition) is 0. The Morgan fingerprint density at radius 3 is 2.64 bits per heavy atom. The van der Waals surface area contributed by atoms with Crippen molar-refractivity contribution in [3.8, 4) is 5.75 Å². The molecule has 2 saturated heterocycles. The number of benzene rings is 1. The van der Waals surface area contributed by atoms with Crippen molar-refractivity contribution in [2.24, 2.45) is 0 Å². The van der Waals surface area contributed by atoms with E-state index in [1.165, 1.54) is 17.7 Å². The number of ether oxygens (including phenoxy) is 2. The molecule has 2 aliphatic heterocycles. The molecule has 0 saturated carbocycles. The number of rotatable bonds is 6. The number of carbonyl (C=O) groups excluding carboxylic acids is 2. The zero-order valence-electron chi connectivity index (χ0n) is 14.5. The third kappa shape index (κ3) is 3.82. The lowest BCUT2D eigenvalue weighted by Gasteiger charge is -2.19. The minimum absolute atomic E-state index is 0.263. The molecule has 0 bridgehead atoms. The van der Waals surface area contributed by atoms with E-state index in [1.807, 2.05) is 18.2 Å². The molecule has 3 rings (SSSR count). The smallest absolute Gasteiger partial charge is 0.293 e. The van der Waals surface area contributed by atoms with Crippen LogP contribution in [0.5, 0.6) is 5.75 Å². The van der Waals surface area contributed by atoms with Crippen LogP contribution >= 0.6 is 11.8 Å². The van der Waals surface area contributed by atoms with E-state index in [2.05, 4.69) is 4.90 Å². The fourth-order valence-corrected chi connectivity index (χ4v) is 3.86. The van der Waals surface area contributed by atoms with Crippen LogP contribution in [0.1, 0.15) is 18.4 Å². The predicted molar refractivity (Wildman–Crippen MR) is 99.0 cm³/mol. The lowest BCUT2D eigenvalue weighted by Crippen LogP contribution is -2.31. The molecule has 2 fully saturated rings. The van der Waals surface area contributed by atoms with Gasteiger partial charge in [-0.1, -0.05) is 0 Å². The number of thioether (sulfide) groups is 1. The van der Waals surface area contributed by atoms with Crippen LogP contribution in [0.3, 0.4) is 0 Å². The zero-order valence-corrected chi connectivity index (χ0v) is 15.3. The number of carbonyl (C=O) groups is 2. The molecule has 7 heteroatoms. The highest BCUT2D eigenvalue weighted by Crippen LogP contribution is 2.35. The quantitative estimate of drug-likeness (QED) is 0.725. The highest BCUT2D eigenvalue weighted by atomic mass is 32.2. The van der Waals surface area contributed by atoms with Gasteiger partial charge >= 0.3 is 0 Å². The zero-order chi connectivity index (χ0) is 17.8. The first-order valence-corrected chi connectivity index (χ1v) is 9.13. The minimum Gasteiger partial charge on any atom is -0.496 e. The van der Waals surface area contributed by atoms with Crippen molar-refractivity contribution >= 4 is 34.7 Å². The van der Waals surface area contributed by atoms with Gasteiger partial charge in [-0.25, -0.2) is 0 Å². The molecule has 0 spiro atoms. The molecule has 1 aromatic carbocycles. The van der Waals surface area contributed by atoms with Crippen molar-refractivity contribution in [3.05, 3.63) is 28.7 Å². The summed E-state index contributed by atoms with van der Waals surface area (Å²) in [5.41, 5.74) is 1.92. The average Bonchev–Trinajstić information content (AvgIpc) is 3.23. The van der Waals surface area contributed by atoms with Crippen LogP contribution < -0.4 is 9.64 Å². The Bertz CT molecular complexity index is 698. The second-order valence-electron chi connectivity index (χ2n) is 5.95. The number of nitrogens with zero attached hydrogens (tertiary/aromatic N) is 2. The van der Waals surface area contributed by atoms with Crippen LogP contribution in [0.4, 0.5) is 10.5 Å². The van der Waals surface area contributed by atoms with Crippen LogP contribution in [-0.2, 0) is 9.53 Å². The second-order valence-corrected chi connectivity index (χ2v) is 6.94. The van der Waals surface area contributed by atoms with Crippen molar-refractivity contribution in [1.82, 2.24) is 4.90 Å². The van der Waals surface area contributed by atoms with Gasteiger partial charge < -0.3 is 14.4 Å². The average molecular weight is 362 g/mol. The first-order valence-electron chi connectivity index (χ1n) is 8.31. The Hall–Kier alpha value is -1.99. The first-order chi connectivity index (χ1) is 12.1. The molecular weight excluding hydrogens is 340 g/mol. The summed E-state index contributed by atoms with van der Waals surface area (Å²) in [6, 6.07) is 5.97. The summed E-state index contributed by atoms with van der Waals surface area (Å²) in [6.45, 7) is 2.71. The number of amides is 2. The van der Waals surface area contributed by atoms with E-state index in [0.29, 0.717) is 17.3 Å². The summed E-state index contributed by atoms with van der Waals surface area (Å²) in [5, 5.41) is -0.263. The standard InChI is InChI=1S/C18H22N2O4S/c1-23-10-9-20-17(21)16(25-18(20)22)11-13-5-6-14(12-15(13)24-2)19-7-3-4-8-19/h5-6,11-12H,3-4,7-10H2,1-2H3/b16-11+. The topological polar surface area (TPSA) is 59.1 Å². The van der Waals surface area contributed by atoms with Crippen LogP contribution in [0, 0.1) is 0 Å². The molecule has 0 radical (unpaired) electrons. The monoisotopic (exact) mass is 362 g/mol. The molecular formula is C18H22N2O4S. The third-order valence-corrected chi connectivity index (χ3v) is 5.27. The van der Waals surface area contributed by atoms with Crippen molar-refractivity contribution in [2.75, 3.05) is 45.4 Å². The lowest BCUT2D eigenvalue weighted by atomic mass is 10.1. The molecule has 2 amide bonds. The van der Waals surface area contributed by atoms with Crippen LogP contribution in [0.2, 0.25) is 0 Å².